The smallest absolute Gasteiger partial charge is 0.306 e. The Bertz CT molecular complexity index is 160. The van der Waals surface area contributed by atoms with Crippen molar-refractivity contribution in [3.05, 3.63) is 0 Å². The second kappa shape index (κ2) is 5.22. The summed E-state index contributed by atoms with van der Waals surface area (Å²) < 4.78 is 5.00. The molecule has 0 aromatic rings. The first-order chi connectivity index (χ1) is 5.93. The molecule has 0 rings (SSSR count). The van der Waals surface area contributed by atoms with E-state index in [1.807, 2.05) is 27.7 Å². The minimum atomic E-state index is -0.327. The molecule has 3 nitrogen and oxygen atoms in total. The van der Waals surface area contributed by atoms with E-state index in [1.165, 1.54) is 0 Å². The SMILES string of the molecule is CCC(C)(CO)CC(=O)OC(C)C. The highest BCUT2D eigenvalue weighted by molar-refractivity contribution is 5.70. The fraction of sp³-hybridized carbons (Fsp3) is 0.900. The summed E-state index contributed by atoms with van der Waals surface area (Å²) in [6.07, 6.45) is 0.988. The Kier molecular flexibility index (Phi) is 4.99. The molecule has 0 saturated heterocycles. The topological polar surface area (TPSA) is 46.5 Å². The fourth-order valence-electron chi connectivity index (χ4n) is 0.946. The van der Waals surface area contributed by atoms with Gasteiger partial charge in [-0.05, 0) is 20.3 Å². The third-order valence-corrected chi connectivity index (χ3v) is 2.17. The number of hydrogen-bond donors (Lipinski definition) is 1. The number of aliphatic hydroxyl groups is 1. The molecule has 0 spiro atoms. The van der Waals surface area contributed by atoms with Crippen LogP contribution in [0.3, 0.4) is 0 Å². The average molecular weight is 188 g/mol. The quantitative estimate of drug-likeness (QED) is 0.668. The van der Waals surface area contributed by atoms with Gasteiger partial charge in [-0.3, -0.25) is 4.79 Å². The lowest BCUT2D eigenvalue weighted by molar-refractivity contribution is -0.150. The number of carbonyl (C=O) groups is 1. The average Bonchev–Trinajstić information content (AvgIpc) is 2.02. The molecule has 0 bridgehead atoms. The van der Waals surface area contributed by atoms with E-state index < -0.39 is 0 Å². The Morgan fingerprint density at radius 3 is 2.38 bits per heavy atom. The first-order valence-electron chi connectivity index (χ1n) is 4.74. The summed E-state index contributed by atoms with van der Waals surface area (Å²) >= 11 is 0. The van der Waals surface area contributed by atoms with Crippen LogP contribution in [0.2, 0.25) is 0 Å². The van der Waals surface area contributed by atoms with Crippen LogP contribution >= 0.6 is 0 Å². The van der Waals surface area contributed by atoms with Gasteiger partial charge in [-0.15, -0.1) is 0 Å². The van der Waals surface area contributed by atoms with Crippen LogP contribution in [-0.4, -0.2) is 23.8 Å². The molecule has 3 heteroatoms. The number of hydrogen-bond acceptors (Lipinski definition) is 3. The third kappa shape index (κ3) is 4.88. The van der Waals surface area contributed by atoms with Crippen molar-refractivity contribution in [2.45, 2.75) is 46.6 Å². The maximum atomic E-state index is 11.3. The molecule has 0 aliphatic rings. The van der Waals surface area contributed by atoms with E-state index >= 15 is 0 Å². The molecule has 0 aromatic heterocycles. The van der Waals surface area contributed by atoms with Crippen LogP contribution in [0.25, 0.3) is 0 Å². The second-order valence-electron chi connectivity index (χ2n) is 4.04. The Labute approximate surface area is 80.1 Å². The van der Waals surface area contributed by atoms with Gasteiger partial charge in [0.05, 0.1) is 12.5 Å². The highest BCUT2D eigenvalue weighted by Gasteiger charge is 2.25. The van der Waals surface area contributed by atoms with Crippen molar-refractivity contribution in [1.82, 2.24) is 0 Å². The van der Waals surface area contributed by atoms with Gasteiger partial charge in [0.25, 0.3) is 0 Å². The van der Waals surface area contributed by atoms with Crippen LogP contribution < -0.4 is 0 Å². The molecule has 1 N–H and O–H groups in total. The van der Waals surface area contributed by atoms with E-state index in [0.29, 0.717) is 0 Å². The monoisotopic (exact) mass is 188 g/mol. The molecule has 0 aromatic carbocycles. The number of esters is 1. The first-order valence-corrected chi connectivity index (χ1v) is 4.74. The highest BCUT2D eigenvalue weighted by atomic mass is 16.5. The summed E-state index contributed by atoms with van der Waals surface area (Å²) in [6.45, 7) is 7.50. The predicted octanol–water partition coefficient (Wildman–Crippen LogP) is 1.74. The maximum Gasteiger partial charge on any atom is 0.306 e. The summed E-state index contributed by atoms with van der Waals surface area (Å²) in [6, 6.07) is 0. The predicted molar refractivity (Wildman–Crippen MR) is 51.3 cm³/mol. The van der Waals surface area contributed by atoms with Gasteiger partial charge in [0.1, 0.15) is 0 Å². The minimum Gasteiger partial charge on any atom is -0.463 e. The number of carbonyl (C=O) groups excluding carboxylic acids is 1. The fourth-order valence-corrected chi connectivity index (χ4v) is 0.946. The standard InChI is InChI=1S/C10H20O3/c1-5-10(4,7-11)6-9(12)13-8(2)3/h8,11H,5-7H2,1-4H3. The van der Waals surface area contributed by atoms with Crippen molar-refractivity contribution in [2.75, 3.05) is 6.61 Å². The zero-order valence-electron chi connectivity index (χ0n) is 8.96. The molecule has 1 unspecified atom stereocenters. The Morgan fingerprint density at radius 1 is 1.54 bits per heavy atom. The third-order valence-electron chi connectivity index (χ3n) is 2.17. The van der Waals surface area contributed by atoms with E-state index in [4.69, 9.17) is 9.84 Å². The van der Waals surface area contributed by atoms with Crippen molar-refractivity contribution in [3.8, 4) is 0 Å². The van der Waals surface area contributed by atoms with Gasteiger partial charge in [-0.2, -0.15) is 0 Å². The molecule has 0 fully saturated rings. The van der Waals surface area contributed by atoms with Crippen molar-refractivity contribution in [2.24, 2.45) is 5.41 Å². The molecule has 0 radical (unpaired) electrons. The van der Waals surface area contributed by atoms with Crippen LogP contribution in [0.15, 0.2) is 0 Å². The maximum absolute atomic E-state index is 11.3. The van der Waals surface area contributed by atoms with Gasteiger partial charge in [0.15, 0.2) is 0 Å². The molecule has 0 heterocycles. The van der Waals surface area contributed by atoms with E-state index in [9.17, 15) is 4.79 Å². The first kappa shape index (κ1) is 12.4. The molecular formula is C10H20O3. The van der Waals surface area contributed by atoms with Gasteiger partial charge in [-0.25, -0.2) is 0 Å². The molecule has 0 saturated carbocycles. The van der Waals surface area contributed by atoms with E-state index in [1.54, 1.807) is 0 Å². The molecule has 1 atom stereocenters. The van der Waals surface area contributed by atoms with Crippen LogP contribution in [0.1, 0.15) is 40.5 Å². The van der Waals surface area contributed by atoms with Crippen molar-refractivity contribution >= 4 is 5.97 Å². The summed E-state index contributed by atoms with van der Waals surface area (Å²) in [5.41, 5.74) is -0.327. The van der Waals surface area contributed by atoms with E-state index in [-0.39, 0.29) is 30.5 Å². The van der Waals surface area contributed by atoms with Crippen LogP contribution in [0.5, 0.6) is 0 Å². The van der Waals surface area contributed by atoms with Gasteiger partial charge < -0.3 is 9.84 Å². The Hall–Kier alpha value is -0.570. The highest BCUT2D eigenvalue weighted by Crippen LogP contribution is 2.25. The Balaban J connectivity index is 4.02. The zero-order valence-corrected chi connectivity index (χ0v) is 8.96. The lowest BCUT2D eigenvalue weighted by atomic mass is 9.85. The summed E-state index contributed by atoms with van der Waals surface area (Å²) in [5.74, 6) is -0.228. The largest absolute Gasteiger partial charge is 0.463 e. The van der Waals surface area contributed by atoms with Gasteiger partial charge in [-0.1, -0.05) is 13.8 Å². The minimum absolute atomic E-state index is 0.0245. The summed E-state index contributed by atoms with van der Waals surface area (Å²) in [5, 5.41) is 9.06. The summed E-state index contributed by atoms with van der Waals surface area (Å²) in [4.78, 5) is 11.3. The summed E-state index contributed by atoms with van der Waals surface area (Å²) in [7, 11) is 0. The van der Waals surface area contributed by atoms with Crippen molar-refractivity contribution in [1.29, 1.82) is 0 Å². The molecule has 0 aliphatic heterocycles. The van der Waals surface area contributed by atoms with Crippen LogP contribution in [0.4, 0.5) is 0 Å². The van der Waals surface area contributed by atoms with Crippen LogP contribution in [-0.2, 0) is 9.53 Å². The zero-order chi connectivity index (χ0) is 10.5. The van der Waals surface area contributed by atoms with Gasteiger partial charge >= 0.3 is 5.97 Å². The number of rotatable bonds is 5. The van der Waals surface area contributed by atoms with Crippen molar-refractivity contribution in [3.63, 3.8) is 0 Å². The molecular weight excluding hydrogens is 168 g/mol. The molecule has 0 aliphatic carbocycles. The lowest BCUT2D eigenvalue weighted by Crippen LogP contribution is -2.26. The molecule has 78 valence electrons. The molecule has 13 heavy (non-hydrogen) atoms. The van der Waals surface area contributed by atoms with Crippen molar-refractivity contribution < 1.29 is 14.6 Å². The number of aliphatic hydroxyl groups excluding tert-OH is 1. The normalized spacial score (nSPS) is 15.5. The van der Waals surface area contributed by atoms with E-state index in [0.717, 1.165) is 6.42 Å². The van der Waals surface area contributed by atoms with E-state index in [2.05, 4.69) is 0 Å². The number of ether oxygens (including phenoxy) is 1. The second-order valence-corrected chi connectivity index (χ2v) is 4.04. The Morgan fingerprint density at radius 2 is 2.08 bits per heavy atom. The van der Waals surface area contributed by atoms with Gasteiger partial charge in [0, 0.05) is 12.0 Å². The van der Waals surface area contributed by atoms with Gasteiger partial charge in [0.2, 0.25) is 0 Å². The molecule has 0 amide bonds. The van der Waals surface area contributed by atoms with Crippen LogP contribution in [0, 0.1) is 5.41 Å². The lowest BCUT2D eigenvalue weighted by Gasteiger charge is -2.24.